The summed E-state index contributed by atoms with van der Waals surface area (Å²) in [6, 6.07) is 8.95. The molecule has 3 rings (SSSR count). The second-order valence-electron chi connectivity index (χ2n) is 8.34. The lowest BCUT2D eigenvalue weighted by atomic mass is 9.99. The van der Waals surface area contributed by atoms with Crippen LogP contribution in [0.1, 0.15) is 48.9 Å². The summed E-state index contributed by atoms with van der Waals surface area (Å²) in [7, 11) is 7.08. The summed E-state index contributed by atoms with van der Waals surface area (Å²) in [6.45, 7) is 1.65. The number of hydrogen-bond donors (Lipinski definition) is 1. The van der Waals surface area contributed by atoms with Crippen molar-refractivity contribution in [2.24, 2.45) is 0 Å². The van der Waals surface area contributed by atoms with Gasteiger partial charge in [-0.1, -0.05) is 24.6 Å². The molecule has 2 aliphatic rings. The van der Waals surface area contributed by atoms with Gasteiger partial charge in [-0.2, -0.15) is 0 Å². The maximum atomic E-state index is 12.5. The van der Waals surface area contributed by atoms with Gasteiger partial charge >= 0.3 is 0 Å². The number of rotatable bonds is 3. The van der Waals surface area contributed by atoms with Crippen molar-refractivity contribution in [2.45, 2.75) is 50.6 Å². The predicted octanol–water partition coefficient (Wildman–Crippen LogP) is 2.41. The number of nitrogens with one attached hydrogen (secondary N) is 1. The van der Waals surface area contributed by atoms with Gasteiger partial charge in [-0.05, 0) is 50.8 Å². The van der Waals surface area contributed by atoms with Crippen molar-refractivity contribution in [1.82, 2.24) is 20.0 Å². The summed E-state index contributed by atoms with van der Waals surface area (Å²) in [4.78, 5) is 41.0. The van der Waals surface area contributed by atoms with Crippen LogP contribution < -0.4 is 5.32 Å². The van der Waals surface area contributed by atoms with Crippen LogP contribution in [0.5, 0.6) is 0 Å². The van der Waals surface area contributed by atoms with Crippen LogP contribution in [0, 0.1) is 0 Å². The average molecular weight is 453 g/mol. The molecule has 0 saturated carbocycles. The number of likely N-dealkylation sites (tertiary alicyclic amines) is 1. The van der Waals surface area contributed by atoms with E-state index >= 15 is 0 Å². The fourth-order valence-corrected chi connectivity index (χ4v) is 3.85. The van der Waals surface area contributed by atoms with Crippen LogP contribution >= 0.6 is 12.4 Å². The Kier molecular flexibility index (Phi) is 11.6. The van der Waals surface area contributed by atoms with Crippen LogP contribution in [-0.2, 0) is 9.59 Å². The normalized spacial score (nSPS) is 20.5. The summed E-state index contributed by atoms with van der Waals surface area (Å²) in [5.74, 6) is 0.189. The third-order valence-electron chi connectivity index (χ3n) is 5.56. The first-order valence-corrected chi connectivity index (χ1v) is 10.8. The molecule has 0 unspecified atom stereocenters. The Morgan fingerprint density at radius 3 is 2.03 bits per heavy atom. The molecule has 0 bridgehead atoms. The average Bonchev–Trinajstić information content (AvgIpc) is 2.79. The van der Waals surface area contributed by atoms with Gasteiger partial charge in [0.2, 0.25) is 11.8 Å². The zero-order chi connectivity index (χ0) is 22.1. The number of carbonyl (C=O) groups excluding carboxylic acids is 3. The monoisotopic (exact) mass is 452 g/mol. The minimum Gasteiger partial charge on any atom is -0.347 e. The number of likely N-dealkylation sites (N-methyl/N-ethyl adjacent to an activating group) is 2. The van der Waals surface area contributed by atoms with Crippen LogP contribution in [0.3, 0.4) is 0 Å². The molecule has 8 heteroatoms. The molecule has 2 fully saturated rings. The molecule has 2 heterocycles. The molecular weight excluding hydrogens is 416 g/mol. The summed E-state index contributed by atoms with van der Waals surface area (Å²) < 4.78 is 0. The van der Waals surface area contributed by atoms with E-state index in [9.17, 15) is 14.4 Å². The summed E-state index contributed by atoms with van der Waals surface area (Å²) in [6.07, 6.45) is 6.11. The second-order valence-corrected chi connectivity index (χ2v) is 8.34. The molecule has 0 aliphatic carbocycles. The smallest absolute Gasteiger partial charge is 0.254 e. The Bertz CT molecular complexity index is 706. The molecule has 1 aromatic carbocycles. The third kappa shape index (κ3) is 7.82. The first-order chi connectivity index (χ1) is 14.3. The van der Waals surface area contributed by atoms with Crippen molar-refractivity contribution in [3.05, 3.63) is 35.9 Å². The molecule has 0 aromatic heterocycles. The molecule has 31 heavy (non-hydrogen) atoms. The van der Waals surface area contributed by atoms with Crippen molar-refractivity contribution in [2.75, 3.05) is 41.3 Å². The number of nitrogens with zero attached hydrogens (tertiary/aromatic N) is 3. The largest absolute Gasteiger partial charge is 0.347 e. The lowest BCUT2D eigenvalue weighted by Gasteiger charge is -2.36. The van der Waals surface area contributed by atoms with Crippen molar-refractivity contribution >= 4 is 30.1 Å². The fraction of sp³-hybridized carbons (Fsp3) is 0.609. The third-order valence-corrected chi connectivity index (χ3v) is 5.56. The summed E-state index contributed by atoms with van der Waals surface area (Å²) in [5.41, 5.74) is 0.654. The van der Waals surface area contributed by atoms with Gasteiger partial charge in [0.25, 0.3) is 5.91 Å². The molecule has 174 valence electrons. The first kappa shape index (κ1) is 26.9. The minimum absolute atomic E-state index is 0. The molecular formula is C23H37ClN4O3. The summed E-state index contributed by atoms with van der Waals surface area (Å²) in [5, 5.41) is 3.21. The van der Waals surface area contributed by atoms with Crippen LogP contribution in [-0.4, -0.2) is 85.8 Å². The molecule has 0 radical (unpaired) electrons. The Labute approximate surface area is 192 Å². The van der Waals surface area contributed by atoms with Crippen LogP contribution in [0.25, 0.3) is 0 Å². The van der Waals surface area contributed by atoms with Crippen molar-refractivity contribution in [1.29, 1.82) is 0 Å². The van der Waals surface area contributed by atoms with E-state index in [0.29, 0.717) is 12.1 Å². The number of carbonyl (C=O) groups is 3. The van der Waals surface area contributed by atoms with Gasteiger partial charge in [0, 0.05) is 40.3 Å². The first-order valence-electron chi connectivity index (χ1n) is 10.8. The Balaban J connectivity index is 0.000000344. The van der Waals surface area contributed by atoms with E-state index in [-0.39, 0.29) is 42.2 Å². The van der Waals surface area contributed by atoms with E-state index in [0.717, 1.165) is 32.2 Å². The Morgan fingerprint density at radius 2 is 1.48 bits per heavy atom. The van der Waals surface area contributed by atoms with Crippen LogP contribution in [0.2, 0.25) is 0 Å². The van der Waals surface area contributed by atoms with E-state index < -0.39 is 0 Å². The fourth-order valence-electron chi connectivity index (χ4n) is 3.85. The lowest BCUT2D eigenvalue weighted by Crippen LogP contribution is -2.51. The van der Waals surface area contributed by atoms with Gasteiger partial charge in [-0.25, -0.2) is 0 Å². The molecule has 2 aliphatic heterocycles. The number of piperidine rings is 2. The van der Waals surface area contributed by atoms with Gasteiger partial charge in [-0.15, -0.1) is 12.4 Å². The number of hydrogen-bond acceptors (Lipinski definition) is 4. The molecule has 3 amide bonds. The number of halogens is 1. The maximum absolute atomic E-state index is 12.5. The van der Waals surface area contributed by atoms with Crippen molar-refractivity contribution in [3.63, 3.8) is 0 Å². The SMILES string of the molecule is CN(C)C(=O)[C@@H]1CCCCN1.CN(C)C(=O)[C@@H]1CCCCN1C(=O)c1ccccc1.Cl. The highest BCUT2D eigenvalue weighted by Crippen LogP contribution is 2.21. The molecule has 0 spiro atoms. The van der Waals surface area contributed by atoms with E-state index in [2.05, 4.69) is 5.32 Å². The Morgan fingerprint density at radius 1 is 0.871 bits per heavy atom. The quantitative estimate of drug-likeness (QED) is 0.764. The van der Waals surface area contributed by atoms with Gasteiger partial charge in [0.1, 0.15) is 6.04 Å². The van der Waals surface area contributed by atoms with E-state index in [4.69, 9.17) is 0 Å². The lowest BCUT2D eigenvalue weighted by molar-refractivity contribution is -0.134. The predicted molar refractivity (Wildman–Crippen MR) is 125 cm³/mol. The highest BCUT2D eigenvalue weighted by atomic mass is 35.5. The van der Waals surface area contributed by atoms with E-state index in [1.807, 2.05) is 18.2 Å². The minimum atomic E-state index is -0.309. The van der Waals surface area contributed by atoms with Gasteiger partial charge in [0.15, 0.2) is 0 Å². The highest BCUT2D eigenvalue weighted by molar-refractivity contribution is 5.97. The number of benzene rings is 1. The van der Waals surface area contributed by atoms with Gasteiger partial charge in [0.05, 0.1) is 6.04 Å². The highest BCUT2D eigenvalue weighted by Gasteiger charge is 2.33. The summed E-state index contributed by atoms with van der Waals surface area (Å²) >= 11 is 0. The Hall–Kier alpha value is -2.12. The number of amides is 3. The van der Waals surface area contributed by atoms with E-state index in [1.165, 1.54) is 12.8 Å². The molecule has 1 N–H and O–H groups in total. The molecule has 1 aromatic rings. The zero-order valence-electron chi connectivity index (χ0n) is 19.2. The van der Waals surface area contributed by atoms with Crippen molar-refractivity contribution < 1.29 is 14.4 Å². The van der Waals surface area contributed by atoms with E-state index in [1.54, 1.807) is 55.0 Å². The molecule has 2 saturated heterocycles. The maximum Gasteiger partial charge on any atom is 0.254 e. The molecule has 7 nitrogen and oxygen atoms in total. The van der Waals surface area contributed by atoms with Crippen molar-refractivity contribution in [3.8, 4) is 0 Å². The molecule has 2 atom stereocenters. The second kappa shape index (κ2) is 13.3. The van der Waals surface area contributed by atoms with Gasteiger partial charge in [-0.3, -0.25) is 14.4 Å². The van der Waals surface area contributed by atoms with Gasteiger partial charge < -0.3 is 20.0 Å². The standard InChI is InChI=1S/C15H20N2O2.C8H16N2O.ClH/c1-16(2)15(19)13-10-6-7-11-17(13)14(18)12-8-4-3-5-9-12;1-10(2)8(11)7-5-3-4-6-9-7;/h3-5,8-9,13H,6-7,10-11H2,1-2H3;7,9H,3-6H2,1-2H3;1H/t13-;7-;/m00./s1. The topological polar surface area (TPSA) is 73.0 Å². The zero-order valence-corrected chi connectivity index (χ0v) is 20.0. The van der Waals surface area contributed by atoms with Crippen LogP contribution in [0.4, 0.5) is 0 Å². The van der Waals surface area contributed by atoms with Crippen LogP contribution in [0.15, 0.2) is 30.3 Å².